The summed E-state index contributed by atoms with van der Waals surface area (Å²) in [4.78, 5) is 11.5. The quantitative estimate of drug-likeness (QED) is 0.779. The van der Waals surface area contributed by atoms with E-state index < -0.39 is 0 Å². The van der Waals surface area contributed by atoms with E-state index in [0.717, 1.165) is 0 Å². The van der Waals surface area contributed by atoms with E-state index in [2.05, 4.69) is 0 Å². The third kappa shape index (κ3) is 3.51. The molecule has 1 N–H and O–H groups in total. The highest BCUT2D eigenvalue weighted by atomic mass is 16.5. The summed E-state index contributed by atoms with van der Waals surface area (Å²) >= 11 is 0. The molecule has 118 valence electrons. The monoisotopic (exact) mass is 298 g/mol. The largest absolute Gasteiger partial charge is 0.504 e. The Morgan fingerprint density at radius 1 is 1.10 bits per heavy atom. The summed E-state index contributed by atoms with van der Waals surface area (Å²) in [6.45, 7) is 1.95. The molecule has 1 atom stereocenters. The highest BCUT2D eigenvalue weighted by Crippen LogP contribution is 2.49. The minimum absolute atomic E-state index is 0.0616. The fourth-order valence-corrected chi connectivity index (χ4v) is 2.28. The number of phenols is 1. The van der Waals surface area contributed by atoms with Gasteiger partial charge < -0.3 is 24.1 Å². The molecule has 0 fully saturated rings. The summed E-state index contributed by atoms with van der Waals surface area (Å²) in [5.74, 6) is 0.414. The maximum Gasteiger partial charge on any atom is 0.306 e. The van der Waals surface area contributed by atoms with E-state index in [1.54, 1.807) is 0 Å². The Kier molecular flexibility index (Phi) is 6.14. The van der Waals surface area contributed by atoms with Gasteiger partial charge in [0.25, 0.3) is 0 Å². The first-order chi connectivity index (χ1) is 10.0. The van der Waals surface area contributed by atoms with Crippen molar-refractivity contribution >= 4 is 5.97 Å². The number of ether oxygens (including phenoxy) is 4. The minimum atomic E-state index is -0.321. The smallest absolute Gasteiger partial charge is 0.306 e. The number of benzene rings is 1. The molecular formula is C15H22O6. The molecule has 0 spiro atoms. The summed E-state index contributed by atoms with van der Waals surface area (Å²) in [7, 11) is 5.74. The first-order valence-corrected chi connectivity index (χ1v) is 6.62. The van der Waals surface area contributed by atoms with Gasteiger partial charge in [-0.1, -0.05) is 6.92 Å². The van der Waals surface area contributed by atoms with E-state index >= 15 is 0 Å². The number of aromatic hydroxyl groups is 1. The van der Waals surface area contributed by atoms with Crippen LogP contribution in [0.5, 0.6) is 23.0 Å². The third-order valence-corrected chi connectivity index (χ3v) is 3.39. The molecule has 0 amide bonds. The van der Waals surface area contributed by atoms with Gasteiger partial charge in [0, 0.05) is 5.56 Å². The lowest BCUT2D eigenvalue weighted by atomic mass is 9.91. The highest BCUT2D eigenvalue weighted by Gasteiger charge is 2.26. The predicted molar refractivity (Wildman–Crippen MR) is 77.4 cm³/mol. The maximum atomic E-state index is 11.5. The van der Waals surface area contributed by atoms with Crippen molar-refractivity contribution in [3.05, 3.63) is 11.6 Å². The number of methoxy groups -OCH3 is 4. The van der Waals surface area contributed by atoms with Crippen LogP contribution >= 0.6 is 0 Å². The van der Waals surface area contributed by atoms with Gasteiger partial charge in [-0.3, -0.25) is 4.79 Å². The maximum absolute atomic E-state index is 11.5. The standard InChI is InChI=1S/C15H22O6/c1-6-9(7-12(17)18-2)10-8-11(16)14(20-4)15(21-5)13(10)19-3/h8-9,16H,6-7H2,1-5H3. The third-order valence-electron chi connectivity index (χ3n) is 3.39. The van der Waals surface area contributed by atoms with Crippen molar-refractivity contribution in [3.63, 3.8) is 0 Å². The zero-order chi connectivity index (χ0) is 16.0. The average molecular weight is 298 g/mol. The molecule has 0 aliphatic rings. The van der Waals surface area contributed by atoms with Gasteiger partial charge in [0.05, 0.1) is 34.9 Å². The normalized spacial score (nSPS) is 11.7. The molecule has 0 aliphatic heterocycles. The first kappa shape index (κ1) is 16.9. The van der Waals surface area contributed by atoms with Gasteiger partial charge in [-0.2, -0.15) is 0 Å². The molecule has 6 heteroatoms. The molecule has 0 aromatic heterocycles. The van der Waals surface area contributed by atoms with Crippen LogP contribution in [0.2, 0.25) is 0 Å². The Morgan fingerprint density at radius 2 is 1.67 bits per heavy atom. The van der Waals surface area contributed by atoms with Crippen molar-refractivity contribution in [3.8, 4) is 23.0 Å². The van der Waals surface area contributed by atoms with Crippen molar-refractivity contribution < 1.29 is 28.8 Å². The van der Waals surface area contributed by atoms with Crippen LogP contribution in [0.4, 0.5) is 0 Å². The topological polar surface area (TPSA) is 74.2 Å². The lowest BCUT2D eigenvalue weighted by Gasteiger charge is -2.21. The summed E-state index contributed by atoms with van der Waals surface area (Å²) in [6, 6.07) is 1.54. The fourth-order valence-electron chi connectivity index (χ4n) is 2.28. The first-order valence-electron chi connectivity index (χ1n) is 6.62. The Balaban J connectivity index is 3.39. The van der Waals surface area contributed by atoms with Gasteiger partial charge >= 0.3 is 5.97 Å². The molecule has 0 aliphatic carbocycles. The van der Waals surface area contributed by atoms with Crippen molar-refractivity contribution in [2.24, 2.45) is 0 Å². The molecule has 21 heavy (non-hydrogen) atoms. The number of phenolic OH excluding ortho intramolecular Hbond substituents is 1. The summed E-state index contributed by atoms with van der Waals surface area (Å²) in [5.41, 5.74) is 0.681. The molecule has 1 rings (SSSR count). The van der Waals surface area contributed by atoms with Crippen LogP contribution in [0.3, 0.4) is 0 Å². The second kappa shape index (κ2) is 7.61. The van der Waals surface area contributed by atoms with Crippen molar-refractivity contribution in [2.75, 3.05) is 28.4 Å². The fraction of sp³-hybridized carbons (Fsp3) is 0.533. The van der Waals surface area contributed by atoms with Gasteiger partial charge in [0.1, 0.15) is 0 Å². The molecule has 0 saturated heterocycles. The molecule has 0 saturated carbocycles. The van der Waals surface area contributed by atoms with Gasteiger partial charge in [-0.15, -0.1) is 0 Å². The molecule has 0 radical (unpaired) electrons. The number of rotatable bonds is 7. The molecule has 1 aromatic rings. The van der Waals surface area contributed by atoms with Crippen LogP contribution in [0, 0.1) is 0 Å². The lowest BCUT2D eigenvalue weighted by molar-refractivity contribution is -0.141. The van der Waals surface area contributed by atoms with Crippen LogP contribution in [-0.4, -0.2) is 39.5 Å². The van der Waals surface area contributed by atoms with Gasteiger partial charge in [0.2, 0.25) is 11.5 Å². The van der Waals surface area contributed by atoms with Gasteiger partial charge in [-0.05, 0) is 18.4 Å². The lowest BCUT2D eigenvalue weighted by Crippen LogP contribution is -2.10. The van der Waals surface area contributed by atoms with Gasteiger partial charge in [0.15, 0.2) is 11.5 Å². The van der Waals surface area contributed by atoms with Crippen LogP contribution in [0.25, 0.3) is 0 Å². The second-order valence-corrected chi connectivity index (χ2v) is 4.47. The Labute approximate surface area is 124 Å². The summed E-state index contributed by atoms with van der Waals surface area (Å²) in [5, 5.41) is 10.1. The van der Waals surface area contributed by atoms with Crippen LogP contribution in [0.15, 0.2) is 6.07 Å². The van der Waals surface area contributed by atoms with Crippen LogP contribution in [0.1, 0.15) is 31.2 Å². The minimum Gasteiger partial charge on any atom is -0.504 e. The van der Waals surface area contributed by atoms with Crippen LogP contribution in [-0.2, 0) is 9.53 Å². The van der Waals surface area contributed by atoms with Crippen LogP contribution < -0.4 is 14.2 Å². The van der Waals surface area contributed by atoms with E-state index in [0.29, 0.717) is 23.5 Å². The highest BCUT2D eigenvalue weighted by molar-refractivity contribution is 5.71. The predicted octanol–water partition coefficient (Wildman–Crippen LogP) is 2.47. The molecule has 1 unspecified atom stereocenters. The zero-order valence-electron chi connectivity index (χ0n) is 13.1. The number of carbonyl (C=O) groups is 1. The van der Waals surface area contributed by atoms with E-state index in [1.165, 1.54) is 34.5 Å². The molecular weight excluding hydrogens is 276 g/mol. The number of esters is 1. The van der Waals surface area contributed by atoms with E-state index in [1.807, 2.05) is 6.92 Å². The number of carbonyl (C=O) groups excluding carboxylic acids is 1. The van der Waals surface area contributed by atoms with Gasteiger partial charge in [-0.25, -0.2) is 0 Å². The SMILES string of the molecule is CCC(CC(=O)OC)c1cc(O)c(OC)c(OC)c1OC. The average Bonchev–Trinajstić information content (AvgIpc) is 2.50. The second-order valence-electron chi connectivity index (χ2n) is 4.47. The Hall–Kier alpha value is -2.11. The Bertz CT molecular complexity index is 497. The van der Waals surface area contributed by atoms with E-state index in [9.17, 15) is 9.90 Å². The molecule has 0 bridgehead atoms. The number of hydrogen-bond acceptors (Lipinski definition) is 6. The Morgan fingerprint density at radius 3 is 2.10 bits per heavy atom. The van der Waals surface area contributed by atoms with Crippen molar-refractivity contribution in [1.29, 1.82) is 0 Å². The summed E-state index contributed by atoms with van der Waals surface area (Å²) in [6.07, 6.45) is 0.874. The number of hydrogen-bond donors (Lipinski definition) is 1. The summed E-state index contributed by atoms with van der Waals surface area (Å²) < 4.78 is 20.5. The molecule has 6 nitrogen and oxygen atoms in total. The molecule has 1 aromatic carbocycles. The zero-order valence-corrected chi connectivity index (χ0v) is 13.1. The van der Waals surface area contributed by atoms with E-state index in [-0.39, 0.29) is 29.8 Å². The van der Waals surface area contributed by atoms with Crippen molar-refractivity contribution in [2.45, 2.75) is 25.7 Å². The molecule has 0 heterocycles. The van der Waals surface area contributed by atoms with E-state index in [4.69, 9.17) is 18.9 Å². The van der Waals surface area contributed by atoms with Crippen molar-refractivity contribution in [1.82, 2.24) is 0 Å².